The number of hydrogen-bond donors (Lipinski definition) is 1. The summed E-state index contributed by atoms with van der Waals surface area (Å²) in [6.45, 7) is 5.34. The third kappa shape index (κ3) is 3.63. The van der Waals surface area contributed by atoms with Gasteiger partial charge >= 0.3 is 5.97 Å². The second-order valence-electron chi connectivity index (χ2n) is 3.42. The minimum atomic E-state index is -0.628. The molecular formula is C12H13ClFNO3. The number of nitrogens with two attached hydrogens (primary N) is 1. The summed E-state index contributed by atoms with van der Waals surface area (Å²) < 4.78 is 23.0. The summed E-state index contributed by atoms with van der Waals surface area (Å²) in [7, 11) is 0. The maximum absolute atomic E-state index is 13.0. The zero-order valence-corrected chi connectivity index (χ0v) is 10.6. The Hall–Kier alpha value is -1.75. The first-order valence-electron chi connectivity index (χ1n) is 5.18. The zero-order valence-electron chi connectivity index (χ0n) is 9.83. The minimum Gasteiger partial charge on any atom is -0.487 e. The van der Waals surface area contributed by atoms with Crippen LogP contribution in [0.3, 0.4) is 0 Å². The normalized spacial score (nSPS) is 9.94. The van der Waals surface area contributed by atoms with Crippen molar-refractivity contribution in [2.75, 3.05) is 18.9 Å². The van der Waals surface area contributed by atoms with Crippen LogP contribution >= 0.6 is 11.6 Å². The van der Waals surface area contributed by atoms with Crippen molar-refractivity contribution in [2.24, 2.45) is 0 Å². The van der Waals surface area contributed by atoms with Crippen molar-refractivity contribution in [2.45, 2.75) is 6.92 Å². The molecule has 2 N–H and O–H groups in total. The molecule has 0 spiro atoms. The fourth-order valence-electron chi connectivity index (χ4n) is 1.11. The Bertz CT molecular complexity index is 477. The van der Waals surface area contributed by atoms with Crippen LogP contribution in [0.1, 0.15) is 6.92 Å². The Morgan fingerprint density at radius 1 is 1.56 bits per heavy atom. The van der Waals surface area contributed by atoms with Crippen LogP contribution in [0.5, 0.6) is 5.75 Å². The quantitative estimate of drug-likeness (QED) is 0.509. The predicted molar refractivity (Wildman–Crippen MR) is 67.1 cm³/mol. The molecule has 0 unspecified atom stereocenters. The Morgan fingerprint density at radius 3 is 2.83 bits per heavy atom. The summed E-state index contributed by atoms with van der Waals surface area (Å²) in [4.78, 5) is 11.3. The lowest BCUT2D eigenvalue weighted by molar-refractivity contribution is -0.138. The average Bonchev–Trinajstić information content (AvgIpc) is 2.32. The van der Waals surface area contributed by atoms with E-state index in [1.165, 1.54) is 6.07 Å². The predicted octanol–water partition coefficient (Wildman–Crippen LogP) is 2.56. The van der Waals surface area contributed by atoms with E-state index in [1.54, 1.807) is 6.92 Å². The molecule has 0 amide bonds. The highest BCUT2D eigenvalue weighted by atomic mass is 35.5. The molecule has 1 aromatic carbocycles. The van der Waals surface area contributed by atoms with Gasteiger partial charge in [0.1, 0.15) is 18.2 Å². The lowest BCUT2D eigenvalue weighted by Crippen LogP contribution is -2.13. The van der Waals surface area contributed by atoms with Crippen molar-refractivity contribution < 1.29 is 18.7 Å². The molecule has 98 valence electrons. The van der Waals surface area contributed by atoms with Gasteiger partial charge in [0.25, 0.3) is 0 Å². The molecule has 0 radical (unpaired) electrons. The first-order valence-corrected chi connectivity index (χ1v) is 5.55. The summed E-state index contributed by atoms with van der Waals surface area (Å²) in [5.74, 6) is -0.999. The number of halogens is 2. The number of hydrogen-bond acceptors (Lipinski definition) is 4. The van der Waals surface area contributed by atoms with Crippen LogP contribution in [0.2, 0.25) is 5.02 Å². The summed E-state index contributed by atoms with van der Waals surface area (Å²) in [6.07, 6.45) is 0. The second kappa shape index (κ2) is 6.26. The lowest BCUT2D eigenvalue weighted by atomic mass is 10.3. The Balaban J connectivity index is 2.67. The molecule has 6 heteroatoms. The molecule has 0 fully saturated rings. The van der Waals surface area contributed by atoms with Gasteiger partial charge in [0, 0.05) is 6.07 Å². The van der Waals surface area contributed by atoms with E-state index in [2.05, 4.69) is 6.58 Å². The third-order valence-electron chi connectivity index (χ3n) is 2.02. The maximum Gasteiger partial charge on any atom is 0.336 e. The van der Waals surface area contributed by atoms with Crippen LogP contribution in [0.15, 0.2) is 24.3 Å². The van der Waals surface area contributed by atoms with Gasteiger partial charge < -0.3 is 15.2 Å². The number of benzene rings is 1. The van der Waals surface area contributed by atoms with Gasteiger partial charge in [-0.2, -0.15) is 0 Å². The first kappa shape index (κ1) is 14.3. The van der Waals surface area contributed by atoms with E-state index in [0.29, 0.717) is 0 Å². The molecule has 0 atom stereocenters. The average molecular weight is 274 g/mol. The van der Waals surface area contributed by atoms with Gasteiger partial charge in [-0.05, 0) is 13.0 Å². The molecule has 1 rings (SSSR count). The van der Waals surface area contributed by atoms with Gasteiger partial charge in [-0.25, -0.2) is 9.18 Å². The number of esters is 1. The summed E-state index contributed by atoms with van der Waals surface area (Å²) >= 11 is 5.76. The van der Waals surface area contributed by atoms with Crippen LogP contribution in [-0.2, 0) is 9.53 Å². The SMILES string of the molecule is C=C(COc1cc(N)c(F)cc1Cl)C(=O)OCC. The standard InChI is InChI=1S/C12H13ClFNO3/c1-3-17-12(16)7(2)6-18-11-5-10(15)9(14)4-8(11)13/h4-5H,2-3,6,15H2,1H3. The molecular weight excluding hydrogens is 261 g/mol. The molecule has 0 aromatic heterocycles. The molecule has 0 saturated carbocycles. The molecule has 1 aromatic rings. The van der Waals surface area contributed by atoms with Gasteiger partial charge in [-0.3, -0.25) is 0 Å². The highest BCUT2D eigenvalue weighted by molar-refractivity contribution is 6.32. The topological polar surface area (TPSA) is 61.5 Å². The van der Waals surface area contributed by atoms with Gasteiger partial charge in [0.05, 0.1) is 22.9 Å². The van der Waals surface area contributed by atoms with Gasteiger partial charge in [0.2, 0.25) is 0 Å². The van der Waals surface area contributed by atoms with E-state index in [0.717, 1.165) is 6.07 Å². The van der Waals surface area contributed by atoms with Crippen molar-refractivity contribution in [3.8, 4) is 5.75 Å². The number of carbonyl (C=O) groups excluding carboxylic acids is 1. The lowest BCUT2D eigenvalue weighted by Gasteiger charge is -2.10. The highest BCUT2D eigenvalue weighted by Crippen LogP contribution is 2.29. The Morgan fingerprint density at radius 2 is 2.22 bits per heavy atom. The van der Waals surface area contributed by atoms with Crippen LogP contribution < -0.4 is 10.5 Å². The van der Waals surface area contributed by atoms with E-state index in [-0.39, 0.29) is 35.2 Å². The summed E-state index contributed by atoms with van der Waals surface area (Å²) in [5.41, 5.74) is 5.42. The number of anilines is 1. The fraction of sp³-hybridized carbons (Fsp3) is 0.250. The first-order chi connectivity index (χ1) is 8.45. The van der Waals surface area contributed by atoms with Crippen molar-refractivity contribution >= 4 is 23.3 Å². The van der Waals surface area contributed by atoms with Crippen LogP contribution in [0.4, 0.5) is 10.1 Å². The zero-order chi connectivity index (χ0) is 13.7. The molecule has 18 heavy (non-hydrogen) atoms. The van der Waals surface area contributed by atoms with Gasteiger partial charge in [-0.15, -0.1) is 0 Å². The monoisotopic (exact) mass is 273 g/mol. The van der Waals surface area contributed by atoms with Crippen molar-refractivity contribution in [3.63, 3.8) is 0 Å². The van der Waals surface area contributed by atoms with Crippen LogP contribution in [0.25, 0.3) is 0 Å². The molecule has 0 aliphatic heterocycles. The van der Waals surface area contributed by atoms with E-state index >= 15 is 0 Å². The van der Waals surface area contributed by atoms with Crippen LogP contribution in [-0.4, -0.2) is 19.2 Å². The van der Waals surface area contributed by atoms with E-state index < -0.39 is 11.8 Å². The smallest absolute Gasteiger partial charge is 0.336 e. The second-order valence-corrected chi connectivity index (χ2v) is 3.82. The molecule has 0 saturated heterocycles. The fourth-order valence-corrected chi connectivity index (χ4v) is 1.32. The Kier molecular flexibility index (Phi) is 4.97. The van der Waals surface area contributed by atoms with Gasteiger partial charge in [0.15, 0.2) is 0 Å². The van der Waals surface area contributed by atoms with Gasteiger partial charge in [-0.1, -0.05) is 18.2 Å². The van der Waals surface area contributed by atoms with E-state index in [1.807, 2.05) is 0 Å². The number of rotatable bonds is 5. The molecule has 0 bridgehead atoms. The molecule has 0 aliphatic rings. The number of carbonyl (C=O) groups is 1. The third-order valence-corrected chi connectivity index (χ3v) is 2.31. The van der Waals surface area contributed by atoms with Crippen molar-refractivity contribution in [1.29, 1.82) is 0 Å². The minimum absolute atomic E-state index is 0.0679. The summed E-state index contributed by atoms with van der Waals surface area (Å²) in [5, 5.41) is 0.0679. The van der Waals surface area contributed by atoms with Crippen molar-refractivity contribution in [1.82, 2.24) is 0 Å². The van der Waals surface area contributed by atoms with Crippen molar-refractivity contribution in [3.05, 3.63) is 35.1 Å². The van der Waals surface area contributed by atoms with E-state index in [4.69, 9.17) is 26.8 Å². The summed E-state index contributed by atoms with van der Waals surface area (Å²) in [6, 6.07) is 2.29. The maximum atomic E-state index is 13.0. The number of ether oxygens (including phenoxy) is 2. The molecule has 4 nitrogen and oxygen atoms in total. The molecule has 0 aliphatic carbocycles. The highest BCUT2D eigenvalue weighted by Gasteiger charge is 2.11. The van der Waals surface area contributed by atoms with Crippen LogP contribution in [0, 0.1) is 5.82 Å². The molecule has 0 heterocycles. The number of nitrogen functional groups attached to an aromatic ring is 1. The largest absolute Gasteiger partial charge is 0.487 e. The van der Waals surface area contributed by atoms with E-state index in [9.17, 15) is 9.18 Å². The Labute approximate surface area is 109 Å².